The van der Waals surface area contributed by atoms with Gasteiger partial charge in [0, 0.05) is 35.4 Å². The van der Waals surface area contributed by atoms with E-state index in [2.05, 4.69) is 20.5 Å². The van der Waals surface area contributed by atoms with Crippen LogP contribution in [0.5, 0.6) is 0 Å². The molecular formula is C21H18F2N6O. The summed E-state index contributed by atoms with van der Waals surface area (Å²) in [7, 11) is 0. The van der Waals surface area contributed by atoms with Crippen LogP contribution in [0.2, 0.25) is 0 Å². The highest BCUT2D eigenvalue weighted by atomic mass is 19.2. The Hall–Kier alpha value is -3.62. The number of aromatic nitrogens is 3. The van der Waals surface area contributed by atoms with Gasteiger partial charge < -0.3 is 5.32 Å². The topological polar surface area (TPSA) is 75.4 Å². The van der Waals surface area contributed by atoms with Crippen molar-refractivity contribution in [1.29, 1.82) is 0 Å². The summed E-state index contributed by atoms with van der Waals surface area (Å²) in [6.07, 6.45) is 6.14. The molecule has 2 unspecified atom stereocenters. The molecule has 1 N–H and O–H groups in total. The molecule has 1 aliphatic carbocycles. The molecule has 0 spiro atoms. The van der Waals surface area contributed by atoms with E-state index in [0.717, 1.165) is 5.56 Å². The number of carbonyl (C=O) groups is 1. The smallest absolute Gasteiger partial charge is 0.176 e. The number of aryl methyl sites for hydroxylation is 1. The quantitative estimate of drug-likeness (QED) is 0.791. The van der Waals surface area contributed by atoms with E-state index in [1.807, 2.05) is 13.0 Å². The van der Waals surface area contributed by atoms with Crippen LogP contribution in [-0.4, -0.2) is 38.5 Å². The van der Waals surface area contributed by atoms with Gasteiger partial charge in [0.25, 0.3) is 0 Å². The second-order valence-corrected chi connectivity index (χ2v) is 7.25. The van der Waals surface area contributed by atoms with Crippen LogP contribution in [0.15, 0.2) is 70.4 Å². The summed E-state index contributed by atoms with van der Waals surface area (Å²) in [4.78, 5) is 16.8. The third kappa shape index (κ3) is 2.85. The van der Waals surface area contributed by atoms with Crippen LogP contribution in [0, 0.1) is 5.82 Å². The maximum atomic E-state index is 14.5. The molecule has 0 bridgehead atoms. The molecule has 0 saturated carbocycles. The van der Waals surface area contributed by atoms with E-state index in [1.54, 1.807) is 16.8 Å². The Morgan fingerprint density at radius 3 is 2.83 bits per heavy atom. The summed E-state index contributed by atoms with van der Waals surface area (Å²) in [6.45, 7) is 2.58. The lowest BCUT2D eigenvalue weighted by molar-refractivity contribution is -0.113. The number of allylic oxidation sites excluding steroid dienone is 3. The standard InChI is InChI=1S/C21H18F2N6O/c1-2-28-21(25-11-27-28)19-16(12-3-5-14(22)6-4-12)7-13-9-26-29(23)17-8-15(30)10-24-20(19)18(13)17/h3-9,11,16,19,24H,2,10H2,1H3. The summed E-state index contributed by atoms with van der Waals surface area (Å²) in [5, 5.41) is 11.5. The minimum atomic E-state index is -0.370. The van der Waals surface area contributed by atoms with Crippen LogP contribution < -0.4 is 5.32 Å². The molecule has 0 radical (unpaired) electrons. The predicted octanol–water partition coefficient (Wildman–Crippen LogP) is 2.74. The van der Waals surface area contributed by atoms with Gasteiger partial charge in [0.2, 0.25) is 0 Å². The van der Waals surface area contributed by atoms with Crippen LogP contribution in [0.25, 0.3) is 0 Å². The molecule has 0 saturated heterocycles. The molecule has 2 aromatic rings. The van der Waals surface area contributed by atoms with Gasteiger partial charge in [0.05, 0.1) is 18.7 Å². The van der Waals surface area contributed by atoms with E-state index >= 15 is 0 Å². The number of rotatable bonds is 3. The number of benzene rings is 1. The largest absolute Gasteiger partial charge is 0.380 e. The van der Waals surface area contributed by atoms with Gasteiger partial charge in [-0.1, -0.05) is 27.9 Å². The van der Waals surface area contributed by atoms with Crippen molar-refractivity contribution >= 4 is 12.0 Å². The average molecular weight is 408 g/mol. The summed E-state index contributed by atoms with van der Waals surface area (Å²) in [5.41, 5.74) is 2.91. The number of hydrazone groups is 1. The highest BCUT2D eigenvalue weighted by Gasteiger charge is 2.41. The van der Waals surface area contributed by atoms with E-state index in [-0.39, 0.29) is 40.9 Å². The monoisotopic (exact) mass is 408 g/mol. The number of nitrogens with one attached hydrogen (secondary N) is 1. The van der Waals surface area contributed by atoms with Crippen LogP contribution in [0.3, 0.4) is 0 Å². The van der Waals surface area contributed by atoms with Gasteiger partial charge in [0.15, 0.2) is 5.78 Å². The second kappa shape index (κ2) is 7.01. The van der Waals surface area contributed by atoms with Crippen molar-refractivity contribution < 1.29 is 13.7 Å². The Bertz CT molecular complexity index is 1140. The predicted molar refractivity (Wildman–Crippen MR) is 105 cm³/mol. The third-order valence-corrected chi connectivity index (χ3v) is 5.57. The first-order chi connectivity index (χ1) is 14.6. The first-order valence-corrected chi connectivity index (χ1v) is 9.65. The fraction of sp³-hybridized carbons (Fsp3) is 0.238. The summed E-state index contributed by atoms with van der Waals surface area (Å²) < 4.78 is 29.9. The SMILES string of the molecule is CCn1ncnc1C1C2=C3C(=CC1c1ccc(F)cc1)C=NN(F)C3=CC(=O)CN2. The van der Waals surface area contributed by atoms with Crippen molar-refractivity contribution in [2.75, 3.05) is 6.54 Å². The molecule has 152 valence electrons. The number of halogens is 2. The Labute approximate surface area is 171 Å². The summed E-state index contributed by atoms with van der Waals surface area (Å²) >= 11 is 0. The lowest BCUT2D eigenvalue weighted by atomic mass is 9.74. The molecule has 5 rings (SSSR count). The van der Waals surface area contributed by atoms with E-state index in [4.69, 9.17) is 0 Å². The fourth-order valence-electron chi connectivity index (χ4n) is 4.25. The van der Waals surface area contributed by atoms with Crippen LogP contribution in [-0.2, 0) is 11.3 Å². The number of hydrogen-bond acceptors (Lipinski definition) is 6. The van der Waals surface area contributed by atoms with E-state index in [0.29, 0.717) is 29.2 Å². The molecule has 9 heteroatoms. The number of carbonyl (C=O) groups excluding carboxylic acids is 1. The van der Waals surface area contributed by atoms with Gasteiger partial charge in [-0.15, -0.1) is 5.10 Å². The van der Waals surface area contributed by atoms with Gasteiger partial charge in [-0.25, -0.2) is 14.1 Å². The molecule has 1 aromatic heterocycles. The Kier molecular flexibility index (Phi) is 4.30. The first-order valence-electron chi connectivity index (χ1n) is 9.65. The fourth-order valence-corrected chi connectivity index (χ4v) is 4.25. The molecule has 3 aliphatic rings. The molecule has 7 nitrogen and oxygen atoms in total. The second-order valence-electron chi connectivity index (χ2n) is 7.25. The molecule has 30 heavy (non-hydrogen) atoms. The lowest BCUT2D eigenvalue weighted by Gasteiger charge is -2.35. The lowest BCUT2D eigenvalue weighted by Crippen LogP contribution is -2.33. The zero-order valence-electron chi connectivity index (χ0n) is 16.1. The molecule has 1 aromatic carbocycles. The zero-order chi connectivity index (χ0) is 20.8. The van der Waals surface area contributed by atoms with Crippen molar-refractivity contribution in [3.05, 3.63) is 82.5 Å². The third-order valence-electron chi connectivity index (χ3n) is 5.57. The van der Waals surface area contributed by atoms with E-state index in [9.17, 15) is 13.7 Å². The van der Waals surface area contributed by atoms with E-state index < -0.39 is 0 Å². The summed E-state index contributed by atoms with van der Waals surface area (Å²) in [6, 6.07) is 6.27. The maximum absolute atomic E-state index is 14.5. The van der Waals surface area contributed by atoms with Gasteiger partial charge in [0.1, 0.15) is 23.7 Å². The summed E-state index contributed by atoms with van der Waals surface area (Å²) in [5.74, 6) is -0.517. The van der Waals surface area contributed by atoms with Gasteiger partial charge in [-0.2, -0.15) is 5.10 Å². The van der Waals surface area contributed by atoms with Crippen molar-refractivity contribution in [2.24, 2.45) is 5.10 Å². The van der Waals surface area contributed by atoms with Crippen LogP contribution in [0.1, 0.15) is 30.1 Å². The van der Waals surface area contributed by atoms with Gasteiger partial charge in [-0.3, -0.25) is 4.79 Å². The number of ketones is 1. The normalized spacial score (nSPS) is 22.9. The molecule has 2 atom stereocenters. The minimum Gasteiger partial charge on any atom is -0.380 e. The van der Waals surface area contributed by atoms with Crippen LogP contribution in [0.4, 0.5) is 8.87 Å². The van der Waals surface area contributed by atoms with Crippen molar-refractivity contribution in [3.8, 4) is 0 Å². The highest BCUT2D eigenvalue weighted by molar-refractivity contribution is 5.97. The molecule has 0 fully saturated rings. The van der Waals surface area contributed by atoms with Crippen molar-refractivity contribution in [3.63, 3.8) is 0 Å². The molecular weight excluding hydrogens is 390 g/mol. The molecule has 0 amide bonds. The van der Waals surface area contributed by atoms with Crippen molar-refractivity contribution in [1.82, 2.24) is 25.3 Å². The average Bonchev–Trinajstić information content (AvgIpc) is 3.14. The first kappa shape index (κ1) is 18.4. The van der Waals surface area contributed by atoms with E-state index in [1.165, 1.54) is 30.8 Å². The van der Waals surface area contributed by atoms with Gasteiger partial charge in [-0.05, 0) is 24.6 Å². The number of hydrogen-bond donors (Lipinski definition) is 1. The minimum absolute atomic E-state index is 0.0242. The maximum Gasteiger partial charge on any atom is 0.176 e. The Morgan fingerprint density at radius 2 is 2.07 bits per heavy atom. The Morgan fingerprint density at radius 1 is 1.27 bits per heavy atom. The Balaban J connectivity index is 1.76. The zero-order valence-corrected chi connectivity index (χ0v) is 16.1. The molecule has 3 heterocycles. The molecule has 2 aliphatic heterocycles. The van der Waals surface area contributed by atoms with Crippen LogP contribution >= 0.6 is 0 Å². The number of nitrogens with zero attached hydrogens (tertiary/aromatic N) is 5. The highest BCUT2D eigenvalue weighted by Crippen LogP contribution is 2.47. The van der Waals surface area contributed by atoms with Crippen molar-refractivity contribution in [2.45, 2.75) is 25.3 Å². The van der Waals surface area contributed by atoms with Gasteiger partial charge >= 0.3 is 0 Å².